The molecule has 0 amide bonds. The minimum Gasteiger partial charge on any atom is -0.380 e. The molecule has 0 aromatic carbocycles. The number of ether oxygens (including phenoxy) is 1. The van der Waals surface area contributed by atoms with Gasteiger partial charge >= 0.3 is 15.5 Å². The number of unbranched alkanes of at least 4 members (excludes halogenated alkanes) is 1. The summed E-state index contributed by atoms with van der Waals surface area (Å²) in [4.78, 5) is 4.08. The highest BCUT2D eigenvalue weighted by atomic mass is 127. The van der Waals surface area contributed by atoms with E-state index in [4.69, 9.17) is 4.74 Å². The predicted octanol–water partition coefficient (Wildman–Crippen LogP) is 2.15. The molecule has 1 saturated heterocycles. The molecule has 0 aromatic heterocycles. The van der Waals surface area contributed by atoms with Gasteiger partial charge in [-0.25, -0.2) is 8.42 Å². The van der Waals surface area contributed by atoms with E-state index in [1.165, 1.54) is 0 Å². The third-order valence-electron chi connectivity index (χ3n) is 4.17. The Bertz CT molecular complexity index is 539. The van der Waals surface area contributed by atoms with E-state index in [-0.39, 0.29) is 43.0 Å². The van der Waals surface area contributed by atoms with Crippen LogP contribution < -0.4 is 10.6 Å². The molecule has 1 heterocycles. The van der Waals surface area contributed by atoms with Crippen LogP contribution in [0.5, 0.6) is 0 Å². The maximum absolute atomic E-state index is 12.6. The monoisotopic (exact) mass is 530 g/mol. The summed E-state index contributed by atoms with van der Waals surface area (Å²) in [5.74, 6) is 0.684. The topological polar surface area (TPSA) is 83.0 Å². The number of halogens is 4. The Labute approximate surface area is 176 Å². The number of rotatable bonds is 9. The molecule has 0 aromatic rings. The molecule has 0 aliphatic carbocycles. The average molecular weight is 530 g/mol. The van der Waals surface area contributed by atoms with Gasteiger partial charge in [0.1, 0.15) is 0 Å². The summed E-state index contributed by atoms with van der Waals surface area (Å²) in [6.45, 7) is 4.27. The summed E-state index contributed by atoms with van der Waals surface area (Å²) in [5.41, 5.74) is -5.23. The van der Waals surface area contributed by atoms with E-state index < -0.39 is 15.5 Å². The fourth-order valence-corrected chi connectivity index (χ4v) is 3.54. The van der Waals surface area contributed by atoms with Gasteiger partial charge in [-0.1, -0.05) is 13.3 Å². The van der Waals surface area contributed by atoms with Crippen molar-refractivity contribution in [1.29, 1.82) is 0 Å². The van der Waals surface area contributed by atoms with Crippen molar-refractivity contribution in [3.05, 3.63) is 0 Å². The molecule has 12 heteroatoms. The van der Waals surface area contributed by atoms with Crippen molar-refractivity contribution in [2.75, 3.05) is 46.4 Å². The van der Waals surface area contributed by atoms with E-state index in [1.807, 2.05) is 0 Å². The molecule has 1 aliphatic heterocycles. The number of hydrogen-bond acceptors (Lipinski definition) is 4. The van der Waals surface area contributed by atoms with Crippen LogP contribution in [0.2, 0.25) is 0 Å². The van der Waals surface area contributed by atoms with Crippen LogP contribution in [0.1, 0.15) is 32.6 Å². The minimum atomic E-state index is -5.23. The van der Waals surface area contributed by atoms with Crippen LogP contribution >= 0.6 is 24.0 Å². The Morgan fingerprint density at radius 3 is 2.37 bits per heavy atom. The van der Waals surface area contributed by atoms with Crippen LogP contribution in [0.4, 0.5) is 13.2 Å². The van der Waals surface area contributed by atoms with Gasteiger partial charge in [0.05, 0.1) is 6.61 Å². The summed E-state index contributed by atoms with van der Waals surface area (Å²) < 4.78 is 66.4. The van der Waals surface area contributed by atoms with Crippen LogP contribution in [0.3, 0.4) is 0 Å². The molecule has 0 unspecified atom stereocenters. The molecule has 1 fully saturated rings. The van der Waals surface area contributed by atoms with Crippen molar-refractivity contribution >= 4 is 40.0 Å². The summed E-state index contributed by atoms with van der Waals surface area (Å²) >= 11 is 0. The summed E-state index contributed by atoms with van der Waals surface area (Å²) in [6.07, 6.45) is 2.86. The van der Waals surface area contributed by atoms with Gasteiger partial charge in [-0.05, 0) is 25.2 Å². The Balaban J connectivity index is 0.00000676. The summed E-state index contributed by atoms with van der Waals surface area (Å²) in [7, 11) is -3.59. The van der Waals surface area contributed by atoms with Gasteiger partial charge in [0.25, 0.3) is 0 Å². The first-order valence-electron chi connectivity index (χ1n) is 8.81. The second-order valence-corrected chi connectivity index (χ2v) is 8.07. The first-order chi connectivity index (χ1) is 12.2. The molecule has 0 radical (unpaired) electrons. The van der Waals surface area contributed by atoms with Crippen molar-refractivity contribution in [2.24, 2.45) is 10.9 Å². The number of guanidine groups is 1. The molecule has 0 bridgehead atoms. The van der Waals surface area contributed by atoms with Crippen molar-refractivity contribution in [3.63, 3.8) is 0 Å². The maximum atomic E-state index is 12.6. The lowest BCUT2D eigenvalue weighted by Gasteiger charge is -2.31. The Morgan fingerprint density at radius 2 is 1.85 bits per heavy atom. The summed E-state index contributed by atoms with van der Waals surface area (Å²) in [5, 5.41) is 6.22. The Morgan fingerprint density at radius 1 is 1.22 bits per heavy atom. The third kappa shape index (κ3) is 9.13. The fraction of sp³-hybridized carbons (Fsp3) is 0.933. The van der Waals surface area contributed by atoms with Gasteiger partial charge in [-0.3, -0.25) is 4.99 Å². The standard InChI is InChI=1S/C15H29F3N4O3S.HI/c1-3-4-10-25-11-7-20-14(19-2)21-12-13-5-8-22(9-6-13)26(23,24)15(16,17)18;/h13H,3-12H2,1-2H3,(H2,19,20,21);1H. The molecule has 27 heavy (non-hydrogen) atoms. The largest absolute Gasteiger partial charge is 0.511 e. The van der Waals surface area contributed by atoms with E-state index in [0.717, 1.165) is 19.4 Å². The highest BCUT2D eigenvalue weighted by Gasteiger charge is 2.50. The van der Waals surface area contributed by atoms with E-state index in [0.29, 0.717) is 42.8 Å². The van der Waals surface area contributed by atoms with Crippen LogP contribution in [-0.4, -0.2) is 70.6 Å². The van der Waals surface area contributed by atoms with E-state index >= 15 is 0 Å². The zero-order chi connectivity index (χ0) is 19.6. The van der Waals surface area contributed by atoms with Crippen LogP contribution in [-0.2, 0) is 14.8 Å². The average Bonchev–Trinajstić information content (AvgIpc) is 2.60. The van der Waals surface area contributed by atoms with E-state index in [1.54, 1.807) is 7.05 Å². The molecule has 0 saturated carbocycles. The van der Waals surface area contributed by atoms with Crippen LogP contribution in [0.15, 0.2) is 4.99 Å². The number of hydrogen-bond donors (Lipinski definition) is 2. The minimum absolute atomic E-state index is 0. The van der Waals surface area contributed by atoms with Crippen molar-refractivity contribution in [1.82, 2.24) is 14.9 Å². The highest BCUT2D eigenvalue weighted by Crippen LogP contribution is 2.30. The number of nitrogens with zero attached hydrogens (tertiary/aromatic N) is 2. The smallest absolute Gasteiger partial charge is 0.380 e. The van der Waals surface area contributed by atoms with Crippen molar-refractivity contribution in [3.8, 4) is 0 Å². The SMILES string of the molecule is CCCCOCCNC(=NC)NCC1CCN(S(=O)(=O)C(F)(F)F)CC1.I. The molecular formula is C15H30F3IN4O3S. The lowest BCUT2D eigenvalue weighted by Crippen LogP contribution is -2.47. The molecule has 7 nitrogen and oxygen atoms in total. The predicted molar refractivity (Wildman–Crippen MR) is 110 cm³/mol. The first kappa shape index (κ1) is 26.7. The molecule has 0 spiro atoms. The third-order valence-corrected chi connectivity index (χ3v) is 5.80. The zero-order valence-electron chi connectivity index (χ0n) is 15.7. The molecular weight excluding hydrogens is 500 g/mol. The van der Waals surface area contributed by atoms with Gasteiger partial charge < -0.3 is 15.4 Å². The lowest BCUT2D eigenvalue weighted by atomic mass is 9.98. The molecule has 1 rings (SSSR count). The number of sulfonamides is 1. The molecule has 2 N–H and O–H groups in total. The van der Waals surface area contributed by atoms with E-state index in [9.17, 15) is 21.6 Å². The van der Waals surface area contributed by atoms with Gasteiger partial charge in [0.2, 0.25) is 0 Å². The number of alkyl halides is 3. The first-order valence-corrected chi connectivity index (χ1v) is 10.2. The van der Waals surface area contributed by atoms with Crippen molar-refractivity contribution in [2.45, 2.75) is 38.1 Å². The number of nitrogens with one attached hydrogen (secondary N) is 2. The highest BCUT2D eigenvalue weighted by molar-refractivity contribution is 14.0. The van der Waals surface area contributed by atoms with Gasteiger partial charge in [0, 0.05) is 39.8 Å². The Kier molecular flexibility index (Phi) is 12.8. The second-order valence-electron chi connectivity index (χ2n) is 6.14. The van der Waals surface area contributed by atoms with Gasteiger partial charge in [-0.15, -0.1) is 24.0 Å². The van der Waals surface area contributed by atoms with Crippen LogP contribution in [0.25, 0.3) is 0 Å². The number of piperidine rings is 1. The normalized spacial score (nSPS) is 17.4. The zero-order valence-corrected chi connectivity index (χ0v) is 18.9. The van der Waals surface area contributed by atoms with Crippen LogP contribution in [0, 0.1) is 5.92 Å². The number of aliphatic imine (C=N–C) groups is 1. The van der Waals surface area contributed by atoms with E-state index in [2.05, 4.69) is 22.5 Å². The van der Waals surface area contributed by atoms with Crippen molar-refractivity contribution < 1.29 is 26.3 Å². The molecule has 0 atom stereocenters. The van der Waals surface area contributed by atoms with Gasteiger partial charge in [-0.2, -0.15) is 17.5 Å². The summed E-state index contributed by atoms with van der Waals surface area (Å²) in [6, 6.07) is 0. The molecule has 1 aliphatic rings. The maximum Gasteiger partial charge on any atom is 0.511 e. The Hall–Kier alpha value is -0.340. The van der Waals surface area contributed by atoms with Gasteiger partial charge in [0.15, 0.2) is 5.96 Å². The lowest BCUT2D eigenvalue weighted by molar-refractivity contribution is -0.0496. The quantitative estimate of drug-likeness (QED) is 0.207. The molecule has 162 valence electrons. The fourth-order valence-electron chi connectivity index (χ4n) is 2.55. The second kappa shape index (κ2) is 13.0.